The van der Waals surface area contributed by atoms with Crippen LogP contribution in [-0.2, 0) is 16.1 Å². The fourth-order valence-corrected chi connectivity index (χ4v) is 3.28. The largest absolute Gasteiger partial charge is 0.352 e. The highest BCUT2D eigenvalue weighted by molar-refractivity contribution is 6.00. The van der Waals surface area contributed by atoms with E-state index < -0.39 is 0 Å². The molecule has 136 valence electrons. The van der Waals surface area contributed by atoms with E-state index in [0.717, 1.165) is 16.8 Å². The lowest BCUT2D eigenvalue weighted by atomic mass is 10.0. The lowest BCUT2D eigenvalue weighted by Gasteiger charge is -2.17. The molecule has 1 saturated heterocycles. The normalized spacial score (nSPS) is 17.0. The molecule has 0 saturated carbocycles. The Labute approximate surface area is 155 Å². The van der Waals surface area contributed by atoms with Crippen LogP contribution >= 0.6 is 0 Å². The van der Waals surface area contributed by atoms with Crippen molar-refractivity contribution in [2.75, 3.05) is 11.4 Å². The number of benzene rings is 2. The number of aryl methyl sites for hydroxylation is 1. The summed E-state index contributed by atoms with van der Waals surface area (Å²) < 4.78 is 0. The van der Waals surface area contributed by atoms with Crippen LogP contribution in [0, 0.1) is 12.8 Å². The maximum atomic E-state index is 12.5. The van der Waals surface area contributed by atoms with Gasteiger partial charge in [0.15, 0.2) is 0 Å². The molecule has 0 spiro atoms. The van der Waals surface area contributed by atoms with Crippen molar-refractivity contribution in [3.05, 3.63) is 65.2 Å². The Bertz CT molecular complexity index is 796. The van der Waals surface area contributed by atoms with Gasteiger partial charge in [0.05, 0.1) is 5.92 Å². The summed E-state index contributed by atoms with van der Waals surface area (Å²) in [6.45, 7) is 7.26. The molecule has 2 amide bonds. The van der Waals surface area contributed by atoms with Gasteiger partial charge in [-0.05, 0) is 41.7 Å². The second kappa shape index (κ2) is 7.73. The van der Waals surface area contributed by atoms with Crippen LogP contribution in [0.25, 0.3) is 0 Å². The number of anilines is 1. The summed E-state index contributed by atoms with van der Waals surface area (Å²) in [5.41, 5.74) is 4.33. The van der Waals surface area contributed by atoms with Gasteiger partial charge >= 0.3 is 0 Å². The molecule has 2 aromatic rings. The molecule has 2 aromatic carbocycles. The van der Waals surface area contributed by atoms with Gasteiger partial charge in [0.25, 0.3) is 0 Å². The molecule has 0 aromatic heterocycles. The van der Waals surface area contributed by atoms with Gasteiger partial charge < -0.3 is 10.2 Å². The van der Waals surface area contributed by atoms with Gasteiger partial charge in [-0.15, -0.1) is 0 Å². The van der Waals surface area contributed by atoms with E-state index >= 15 is 0 Å². The summed E-state index contributed by atoms with van der Waals surface area (Å²) in [4.78, 5) is 26.5. The fraction of sp³-hybridized carbons (Fsp3) is 0.364. The zero-order valence-electron chi connectivity index (χ0n) is 15.7. The monoisotopic (exact) mass is 350 g/mol. The smallest absolute Gasteiger partial charge is 0.227 e. The molecule has 0 aliphatic carbocycles. The van der Waals surface area contributed by atoms with Crippen molar-refractivity contribution >= 4 is 17.5 Å². The number of nitrogens with one attached hydrogen (secondary N) is 1. The Morgan fingerprint density at radius 2 is 1.92 bits per heavy atom. The van der Waals surface area contributed by atoms with Crippen molar-refractivity contribution in [3.63, 3.8) is 0 Å². The van der Waals surface area contributed by atoms with Crippen molar-refractivity contribution in [1.29, 1.82) is 0 Å². The first-order valence-corrected chi connectivity index (χ1v) is 9.17. The first-order valence-electron chi connectivity index (χ1n) is 9.17. The van der Waals surface area contributed by atoms with E-state index in [-0.39, 0.29) is 24.2 Å². The van der Waals surface area contributed by atoms with Crippen molar-refractivity contribution in [2.45, 2.75) is 39.7 Å². The van der Waals surface area contributed by atoms with Gasteiger partial charge in [-0.2, -0.15) is 0 Å². The van der Waals surface area contributed by atoms with Crippen LogP contribution in [0.3, 0.4) is 0 Å². The topological polar surface area (TPSA) is 49.4 Å². The molecule has 0 bridgehead atoms. The predicted octanol–water partition coefficient (Wildman–Crippen LogP) is 3.79. The summed E-state index contributed by atoms with van der Waals surface area (Å²) in [5.74, 6) is 0.159. The van der Waals surface area contributed by atoms with E-state index in [1.54, 1.807) is 4.90 Å². The van der Waals surface area contributed by atoms with Crippen LogP contribution in [0.4, 0.5) is 5.69 Å². The van der Waals surface area contributed by atoms with Crippen molar-refractivity contribution in [1.82, 2.24) is 5.32 Å². The van der Waals surface area contributed by atoms with Gasteiger partial charge in [0.2, 0.25) is 11.8 Å². The third-order valence-electron chi connectivity index (χ3n) is 4.92. The number of hydrogen-bond donors (Lipinski definition) is 1. The zero-order valence-corrected chi connectivity index (χ0v) is 15.7. The molecule has 0 unspecified atom stereocenters. The quantitative estimate of drug-likeness (QED) is 0.892. The first kappa shape index (κ1) is 18.2. The lowest BCUT2D eigenvalue weighted by molar-refractivity contribution is -0.126. The molecule has 4 heteroatoms. The summed E-state index contributed by atoms with van der Waals surface area (Å²) in [6, 6.07) is 16.1. The number of nitrogens with zero attached hydrogens (tertiary/aromatic N) is 1. The highest BCUT2D eigenvalue weighted by atomic mass is 16.2. The molecule has 0 radical (unpaired) electrons. The molecule has 1 aliphatic heterocycles. The molecule has 1 aliphatic rings. The number of carbonyl (C=O) groups excluding carboxylic acids is 2. The SMILES string of the molecule is Cc1cccc(N2C[C@H](C(=O)NCc3ccc(C(C)C)cc3)CC2=O)c1. The number of rotatable bonds is 5. The third kappa shape index (κ3) is 4.13. The summed E-state index contributed by atoms with van der Waals surface area (Å²) in [5, 5.41) is 2.98. The van der Waals surface area contributed by atoms with E-state index in [2.05, 4.69) is 43.4 Å². The van der Waals surface area contributed by atoms with Crippen LogP contribution in [0.15, 0.2) is 48.5 Å². The second-order valence-electron chi connectivity index (χ2n) is 7.36. The zero-order chi connectivity index (χ0) is 18.7. The Kier molecular flexibility index (Phi) is 5.40. The maximum Gasteiger partial charge on any atom is 0.227 e. The molecule has 3 rings (SSSR count). The number of hydrogen-bond acceptors (Lipinski definition) is 2. The average Bonchev–Trinajstić information content (AvgIpc) is 3.02. The lowest BCUT2D eigenvalue weighted by Crippen LogP contribution is -2.32. The van der Waals surface area contributed by atoms with Crippen molar-refractivity contribution in [3.8, 4) is 0 Å². The van der Waals surface area contributed by atoms with Gasteiger partial charge in [-0.25, -0.2) is 0 Å². The van der Waals surface area contributed by atoms with E-state index in [1.165, 1.54) is 5.56 Å². The minimum atomic E-state index is -0.294. The number of carbonyl (C=O) groups is 2. The van der Waals surface area contributed by atoms with Crippen LogP contribution in [-0.4, -0.2) is 18.4 Å². The van der Waals surface area contributed by atoms with Crippen molar-refractivity contribution < 1.29 is 9.59 Å². The van der Waals surface area contributed by atoms with Gasteiger partial charge in [-0.3, -0.25) is 9.59 Å². The summed E-state index contributed by atoms with van der Waals surface area (Å²) >= 11 is 0. The molecule has 1 heterocycles. The Morgan fingerprint density at radius 1 is 1.19 bits per heavy atom. The standard InChI is InChI=1S/C22H26N2O2/c1-15(2)18-9-7-17(8-10-18)13-23-22(26)19-12-21(25)24(14-19)20-6-4-5-16(3)11-20/h4-11,15,19H,12-14H2,1-3H3,(H,23,26)/t19-/m1/s1. The average molecular weight is 350 g/mol. The molecular weight excluding hydrogens is 324 g/mol. The van der Waals surface area contributed by atoms with E-state index in [9.17, 15) is 9.59 Å². The van der Waals surface area contributed by atoms with E-state index in [1.807, 2.05) is 31.2 Å². The Morgan fingerprint density at radius 3 is 2.58 bits per heavy atom. The van der Waals surface area contributed by atoms with E-state index in [4.69, 9.17) is 0 Å². The fourth-order valence-electron chi connectivity index (χ4n) is 3.28. The molecule has 26 heavy (non-hydrogen) atoms. The summed E-state index contributed by atoms with van der Waals surface area (Å²) in [7, 11) is 0. The highest BCUT2D eigenvalue weighted by Gasteiger charge is 2.34. The van der Waals surface area contributed by atoms with Crippen LogP contribution in [0.2, 0.25) is 0 Å². The van der Waals surface area contributed by atoms with Gasteiger partial charge in [0.1, 0.15) is 0 Å². The van der Waals surface area contributed by atoms with Gasteiger partial charge in [-0.1, -0.05) is 50.2 Å². The predicted molar refractivity (Wildman–Crippen MR) is 104 cm³/mol. The highest BCUT2D eigenvalue weighted by Crippen LogP contribution is 2.26. The number of amides is 2. The van der Waals surface area contributed by atoms with E-state index in [0.29, 0.717) is 19.0 Å². The first-order chi connectivity index (χ1) is 12.4. The minimum absolute atomic E-state index is 0.0111. The van der Waals surface area contributed by atoms with Crippen molar-refractivity contribution in [2.24, 2.45) is 5.92 Å². The Balaban J connectivity index is 1.58. The minimum Gasteiger partial charge on any atom is -0.352 e. The summed E-state index contributed by atoms with van der Waals surface area (Å²) in [6.07, 6.45) is 0.270. The maximum absolute atomic E-state index is 12.5. The molecule has 1 N–H and O–H groups in total. The third-order valence-corrected chi connectivity index (χ3v) is 4.92. The Hall–Kier alpha value is -2.62. The van der Waals surface area contributed by atoms with Crippen LogP contribution < -0.4 is 10.2 Å². The molecule has 1 atom stereocenters. The second-order valence-corrected chi connectivity index (χ2v) is 7.36. The van der Waals surface area contributed by atoms with Crippen LogP contribution in [0.5, 0.6) is 0 Å². The van der Waals surface area contributed by atoms with Gasteiger partial charge in [0, 0.05) is 25.2 Å². The van der Waals surface area contributed by atoms with Crippen LogP contribution in [0.1, 0.15) is 42.9 Å². The molecular formula is C22H26N2O2. The molecule has 4 nitrogen and oxygen atoms in total. The molecule has 1 fully saturated rings.